The second kappa shape index (κ2) is 7.87. The molecular formula is C19H19N7O2. The third kappa shape index (κ3) is 3.98. The number of hydrogen-bond donors (Lipinski definition) is 1. The molecule has 9 nitrogen and oxygen atoms in total. The van der Waals surface area contributed by atoms with Crippen molar-refractivity contribution in [2.45, 2.75) is 19.4 Å². The van der Waals surface area contributed by atoms with E-state index >= 15 is 0 Å². The van der Waals surface area contributed by atoms with Crippen LogP contribution in [-0.4, -0.2) is 42.4 Å². The standard InChI is InChI=1S/C19H19N7O2/c1-28-15-5-2-4-14(10-15)16-7-8-18-22-17(11-26(18)24-16)23-19(27)6-3-9-25-13-20-12-21-25/h2,4-5,7-8,10-13H,3,6,9H2,1H3,(H,23,27). The van der Waals surface area contributed by atoms with Gasteiger partial charge in [-0.05, 0) is 30.7 Å². The molecule has 0 fully saturated rings. The van der Waals surface area contributed by atoms with E-state index in [0.29, 0.717) is 30.9 Å². The van der Waals surface area contributed by atoms with E-state index < -0.39 is 0 Å². The molecule has 1 N–H and O–H groups in total. The summed E-state index contributed by atoms with van der Waals surface area (Å²) in [4.78, 5) is 20.4. The Hall–Kier alpha value is -3.75. The van der Waals surface area contributed by atoms with Gasteiger partial charge in [0.1, 0.15) is 18.4 Å². The number of amides is 1. The minimum absolute atomic E-state index is 0.100. The fourth-order valence-corrected chi connectivity index (χ4v) is 2.83. The fraction of sp³-hybridized carbons (Fsp3) is 0.211. The first-order valence-corrected chi connectivity index (χ1v) is 8.84. The number of benzene rings is 1. The van der Waals surface area contributed by atoms with Gasteiger partial charge in [-0.2, -0.15) is 10.2 Å². The number of carbonyl (C=O) groups is 1. The molecule has 0 saturated carbocycles. The highest BCUT2D eigenvalue weighted by Gasteiger charge is 2.09. The second-order valence-electron chi connectivity index (χ2n) is 6.19. The smallest absolute Gasteiger partial charge is 0.225 e. The van der Waals surface area contributed by atoms with Crippen LogP contribution in [0.5, 0.6) is 5.75 Å². The van der Waals surface area contributed by atoms with Crippen molar-refractivity contribution in [1.82, 2.24) is 29.4 Å². The first kappa shape index (κ1) is 17.7. The fourth-order valence-electron chi connectivity index (χ4n) is 2.83. The number of nitrogens with one attached hydrogen (secondary N) is 1. The van der Waals surface area contributed by atoms with E-state index in [4.69, 9.17) is 4.74 Å². The Bertz CT molecular complexity index is 1090. The lowest BCUT2D eigenvalue weighted by atomic mass is 10.1. The van der Waals surface area contributed by atoms with E-state index in [9.17, 15) is 4.79 Å². The van der Waals surface area contributed by atoms with Crippen LogP contribution in [0.1, 0.15) is 12.8 Å². The molecule has 0 unspecified atom stereocenters. The number of aromatic nitrogens is 6. The highest BCUT2D eigenvalue weighted by molar-refractivity contribution is 5.89. The molecular weight excluding hydrogens is 358 g/mol. The van der Waals surface area contributed by atoms with E-state index in [1.165, 1.54) is 6.33 Å². The Morgan fingerprint density at radius 2 is 2.18 bits per heavy atom. The van der Waals surface area contributed by atoms with Gasteiger partial charge in [0.2, 0.25) is 5.91 Å². The van der Waals surface area contributed by atoms with Gasteiger partial charge >= 0.3 is 0 Å². The molecule has 3 heterocycles. The van der Waals surface area contributed by atoms with Gasteiger partial charge in [0.25, 0.3) is 0 Å². The summed E-state index contributed by atoms with van der Waals surface area (Å²) in [7, 11) is 1.63. The van der Waals surface area contributed by atoms with Crippen molar-refractivity contribution in [3.05, 3.63) is 55.2 Å². The van der Waals surface area contributed by atoms with Crippen molar-refractivity contribution in [2.75, 3.05) is 12.4 Å². The van der Waals surface area contributed by atoms with Crippen LogP contribution in [0.4, 0.5) is 5.82 Å². The average molecular weight is 377 g/mol. The van der Waals surface area contributed by atoms with Gasteiger partial charge in [-0.3, -0.25) is 9.48 Å². The average Bonchev–Trinajstić information content (AvgIpc) is 3.36. The highest BCUT2D eigenvalue weighted by Crippen LogP contribution is 2.22. The monoisotopic (exact) mass is 377 g/mol. The van der Waals surface area contributed by atoms with Crippen LogP contribution in [-0.2, 0) is 11.3 Å². The van der Waals surface area contributed by atoms with Gasteiger partial charge in [-0.15, -0.1) is 0 Å². The Morgan fingerprint density at radius 3 is 3.00 bits per heavy atom. The zero-order chi connectivity index (χ0) is 19.3. The largest absolute Gasteiger partial charge is 0.497 e. The van der Waals surface area contributed by atoms with Crippen LogP contribution in [0.2, 0.25) is 0 Å². The molecule has 4 aromatic rings. The number of ether oxygens (including phenoxy) is 1. The van der Waals surface area contributed by atoms with Crippen LogP contribution in [0.3, 0.4) is 0 Å². The Morgan fingerprint density at radius 1 is 1.25 bits per heavy atom. The molecule has 1 aromatic carbocycles. The molecule has 0 atom stereocenters. The molecule has 4 rings (SSSR count). The summed E-state index contributed by atoms with van der Waals surface area (Å²) in [6.07, 6.45) is 5.85. The highest BCUT2D eigenvalue weighted by atomic mass is 16.5. The van der Waals surface area contributed by atoms with Crippen molar-refractivity contribution in [3.63, 3.8) is 0 Å². The number of aryl methyl sites for hydroxylation is 1. The lowest BCUT2D eigenvalue weighted by Crippen LogP contribution is -2.12. The summed E-state index contributed by atoms with van der Waals surface area (Å²) in [5, 5.41) is 11.4. The van der Waals surface area contributed by atoms with Gasteiger partial charge in [-0.1, -0.05) is 12.1 Å². The molecule has 3 aromatic heterocycles. The summed E-state index contributed by atoms with van der Waals surface area (Å²) < 4.78 is 8.61. The van der Waals surface area contributed by atoms with Gasteiger partial charge in [-0.25, -0.2) is 14.5 Å². The van der Waals surface area contributed by atoms with E-state index in [1.807, 2.05) is 36.4 Å². The van der Waals surface area contributed by atoms with Crippen LogP contribution < -0.4 is 10.1 Å². The van der Waals surface area contributed by atoms with E-state index in [0.717, 1.165) is 17.0 Å². The molecule has 0 saturated heterocycles. The summed E-state index contributed by atoms with van der Waals surface area (Å²) >= 11 is 0. The van der Waals surface area contributed by atoms with Crippen molar-refractivity contribution in [2.24, 2.45) is 0 Å². The van der Waals surface area contributed by atoms with E-state index in [2.05, 4.69) is 25.5 Å². The zero-order valence-electron chi connectivity index (χ0n) is 15.3. The maximum Gasteiger partial charge on any atom is 0.225 e. The summed E-state index contributed by atoms with van der Waals surface area (Å²) in [6.45, 7) is 0.643. The first-order chi connectivity index (χ1) is 13.7. The number of methoxy groups -OCH3 is 1. The number of carbonyl (C=O) groups excluding carboxylic acids is 1. The second-order valence-corrected chi connectivity index (χ2v) is 6.19. The van der Waals surface area contributed by atoms with Crippen LogP contribution in [0, 0.1) is 0 Å². The van der Waals surface area contributed by atoms with Crippen LogP contribution in [0.25, 0.3) is 16.9 Å². The van der Waals surface area contributed by atoms with Gasteiger partial charge < -0.3 is 10.1 Å². The summed E-state index contributed by atoms with van der Waals surface area (Å²) in [6, 6.07) is 11.4. The van der Waals surface area contributed by atoms with Gasteiger partial charge in [0.05, 0.1) is 19.0 Å². The number of hydrogen-bond acceptors (Lipinski definition) is 6. The molecule has 0 radical (unpaired) electrons. The number of rotatable bonds is 7. The lowest BCUT2D eigenvalue weighted by Gasteiger charge is -2.04. The van der Waals surface area contributed by atoms with Crippen molar-refractivity contribution >= 4 is 17.4 Å². The van der Waals surface area contributed by atoms with Crippen molar-refractivity contribution in [1.29, 1.82) is 0 Å². The Kier molecular flexibility index (Phi) is 4.96. The number of nitrogens with zero attached hydrogens (tertiary/aromatic N) is 6. The number of fused-ring (bicyclic) bond motifs is 1. The minimum Gasteiger partial charge on any atom is -0.497 e. The summed E-state index contributed by atoms with van der Waals surface area (Å²) in [5.41, 5.74) is 2.38. The zero-order valence-corrected chi connectivity index (χ0v) is 15.3. The topological polar surface area (TPSA) is 99.2 Å². The predicted octanol–water partition coefficient (Wildman–Crippen LogP) is 2.42. The third-order valence-corrected chi connectivity index (χ3v) is 4.21. The summed E-state index contributed by atoms with van der Waals surface area (Å²) in [5.74, 6) is 1.14. The number of imidazole rings is 1. The quantitative estimate of drug-likeness (QED) is 0.531. The SMILES string of the molecule is COc1cccc(-c2ccc3nc(NC(=O)CCCn4cncn4)cn3n2)c1. The van der Waals surface area contributed by atoms with Gasteiger partial charge in [0, 0.05) is 18.5 Å². The van der Waals surface area contributed by atoms with Gasteiger partial charge in [0.15, 0.2) is 11.5 Å². The molecule has 0 aliphatic rings. The Labute approximate surface area is 161 Å². The maximum atomic E-state index is 12.1. The third-order valence-electron chi connectivity index (χ3n) is 4.21. The lowest BCUT2D eigenvalue weighted by molar-refractivity contribution is -0.116. The van der Waals surface area contributed by atoms with Crippen molar-refractivity contribution < 1.29 is 9.53 Å². The molecule has 0 aliphatic heterocycles. The molecule has 142 valence electrons. The molecule has 0 spiro atoms. The van der Waals surface area contributed by atoms with E-state index in [1.54, 1.807) is 28.8 Å². The van der Waals surface area contributed by atoms with Crippen molar-refractivity contribution in [3.8, 4) is 17.0 Å². The van der Waals surface area contributed by atoms with Crippen LogP contribution in [0.15, 0.2) is 55.2 Å². The predicted molar refractivity (Wildman–Crippen MR) is 103 cm³/mol. The maximum absolute atomic E-state index is 12.1. The van der Waals surface area contributed by atoms with E-state index in [-0.39, 0.29) is 5.91 Å². The minimum atomic E-state index is -0.100. The molecule has 0 bridgehead atoms. The Balaban J connectivity index is 1.43. The molecule has 9 heteroatoms. The molecule has 0 aliphatic carbocycles. The molecule has 28 heavy (non-hydrogen) atoms. The number of anilines is 1. The first-order valence-electron chi connectivity index (χ1n) is 8.84. The molecule has 1 amide bonds. The normalized spacial score (nSPS) is 10.9. The van der Waals surface area contributed by atoms with Crippen LogP contribution >= 0.6 is 0 Å².